The molecule has 0 atom stereocenters. The van der Waals surface area contributed by atoms with Gasteiger partial charge in [-0.3, -0.25) is 4.68 Å². The van der Waals surface area contributed by atoms with E-state index in [1.807, 2.05) is 24.7 Å². The second kappa shape index (κ2) is 5.16. The number of halogens is 2. The number of hydrogen-bond donors (Lipinski definition) is 1. The Morgan fingerprint density at radius 3 is 2.72 bits per heavy atom. The molecule has 0 saturated carbocycles. The number of rotatable bonds is 4. The van der Waals surface area contributed by atoms with Crippen molar-refractivity contribution < 1.29 is 8.78 Å². The van der Waals surface area contributed by atoms with Crippen molar-refractivity contribution >= 4 is 5.69 Å². The van der Waals surface area contributed by atoms with E-state index >= 15 is 0 Å². The second-order valence-electron chi connectivity index (χ2n) is 4.40. The Balaban J connectivity index is 2.02. The molecule has 1 N–H and O–H groups in total. The zero-order chi connectivity index (χ0) is 13.1. The summed E-state index contributed by atoms with van der Waals surface area (Å²) in [6, 6.07) is 3.77. The maximum Gasteiger partial charge on any atom is 0.149 e. The molecule has 0 fully saturated rings. The molecular formula is C13H15F2N3. The lowest BCUT2D eigenvalue weighted by atomic mass is 10.2. The van der Waals surface area contributed by atoms with E-state index in [0.29, 0.717) is 12.6 Å². The van der Waals surface area contributed by atoms with E-state index in [9.17, 15) is 8.78 Å². The molecule has 3 nitrogen and oxygen atoms in total. The maximum absolute atomic E-state index is 13.4. The first-order valence-electron chi connectivity index (χ1n) is 5.78. The minimum Gasteiger partial charge on any atom is -0.378 e. The quantitative estimate of drug-likeness (QED) is 0.903. The summed E-state index contributed by atoms with van der Waals surface area (Å²) >= 11 is 0. The third-order valence-corrected chi connectivity index (χ3v) is 2.60. The van der Waals surface area contributed by atoms with Gasteiger partial charge in [-0.15, -0.1) is 0 Å². The molecule has 2 rings (SSSR count). The molecule has 5 heteroatoms. The molecular weight excluding hydrogens is 236 g/mol. The molecule has 0 aliphatic carbocycles. The lowest BCUT2D eigenvalue weighted by Crippen LogP contribution is -2.02. The molecule has 0 amide bonds. The molecule has 2 aromatic rings. The van der Waals surface area contributed by atoms with Gasteiger partial charge in [-0.05, 0) is 26.0 Å². The third-order valence-electron chi connectivity index (χ3n) is 2.60. The van der Waals surface area contributed by atoms with Gasteiger partial charge in [-0.1, -0.05) is 0 Å². The van der Waals surface area contributed by atoms with Gasteiger partial charge in [0, 0.05) is 30.4 Å². The van der Waals surface area contributed by atoms with Crippen LogP contribution in [0.25, 0.3) is 0 Å². The largest absolute Gasteiger partial charge is 0.378 e. The van der Waals surface area contributed by atoms with Crippen LogP contribution in [0, 0.1) is 11.6 Å². The topological polar surface area (TPSA) is 29.9 Å². The van der Waals surface area contributed by atoms with Gasteiger partial charge in [0.05, 0.1) is 11.9 Å². The average Bonchev–Trinajstić information content (AvgIpc) is 2.76. The van der Waals surface area contributed by atoms with Crippen LogP contribution >= 0.6 is 0 Å². The van der Waals surface area contributed by atoms with Crippen LogP contribution in [0.3, 0.4) is 0 Å². The van der Waals surface area contributed by atoms with Gasteiger partial charge in [0.15, 0.2) is 0 Å². The predicted octanol–water partition coefficient (Wildman–Crippen LogP) is 3.35. The number of aromatic nitrogens is 2. The Morgan fingerprint density at radius 2 is 2.11 bits per heavy atom. The van der Waals surface area contributed by atoms with Crippen LogP contribution in [0.5, 0.6) is 0 Å². The molecule has 0 bridgehead atoms. The van der Waals surface area contributed by atoms with Gasteiger partial charge < -0.3 is 5.32 Å². The number of hydrogen-bond acceptors (Lipinski definition) is 2. The normalized spacial score (nSPS) is 10.9. The van der Waals surface area contributed by atoms with Crippen LogP contribution in [0.15, 0.2) is 30.6 Å². The Labute approximate surface area is 104 Å². The van der Waals surface area contributed by atoms with Crippen molar-refractivity contribution in [3.8, 4) is 0 Å². The third kappa shape index (κ3) is 2.85. The Kier molecular flexibility index (Phi) is 3.60. The first kappa shape index (κ1) is 12.5. The van der Waals surface area contributed by atoms with Crippen LogP contribution in [0.2, 0.25) is 0 Å². The lowest BCUT2D eigenvalue weighted by molar-refractivity contribution is 0.532. The summed E-state index contributed by atoms with van der Waals surface area (Å²) in [4.78, 5) is 0. The first-order chi connectivity index (χ1) is 8.56. The summed E-state index contributed by atoms with van der Waals surface area (Å²) in [6.45, 7) is 4.52. The second-order valence-corrected chi connectivity index (χ2v) is 4.40. The number of anilines is 1. The fourth-order valence-corrected chi connectivity index (χ4v) is 1.58. The van der Waals surface area contributed by atoms with E-state index in [-0.39, 0.29) is 5.69 Å². The van der Waals surface area contributed by atoms with E-state index < -0.39 is 11.6 Å². The van der Waals surface area contributed by atoms with Crippen molar-refractivity contribution in [3.63, 3.8) is 0 Å². The SMILES string of the molecule is CC(C)n1cc(CNc2ccc(F)cc2F)cn1. The van der Waals surface area contributed by atoms with E-state index in [2.05, 4.69) is 10.4 Å². The summed E-state index contributed by atoms with van der Waals surface area (Å²) < 4.78 is 27.9. The molecule has 1 heterocycles. The van der Waals surface area contributed by atoms with Gasteiger partial charge in [0.25, 0.3) is 0 Å². The van der Waals surface area contributed by atoms with Gasteiger partial charge >= 0.3 is 0 Å². The van der Waals surface area contributed by atoms with Gasteiger partial charge in [-0.25, -0.2) is 8.78 Å². The fraction of sp³-hybridized carbons (Fsp3) is 0.308. The van der Waals surface area contributed by atoms with E-state index in [1.54, 1.807) is 6.20 Å². The molecule has 0 radical (unpaired) electrons. The zero-order valence-electron chi connectivity index (χ0n) is 10.3. The van der Waals surface area contributed by atoms with E-state index in [0.717, 1.165) is 11.6 Å². The number of benzene rings is 1. The highest BCUT2D eigenvalue weighted by Gasteiger charge is 2.05. The highest BCUT2D eigenvalue weighted by Crippen LogP contribution is 2.16. The summed E-state index contributed by atoms with van der Waals surface area (Å²) in [6.07, 6.45) is 3.63. The summed E-state index contributed by atoms with van der Waals surface area (Å²) in [5.41, 5.74) is 1.24. The molecule has 96 valence electrons. The van der Waals surface area contributed by atoms with Crippen LogP contribution in [0.1, 0.15) is 25.5 Å². The van der Waals surface area contributed by atoms with Crippen LogP contribution in [-0.4, -0.2) is 9.78 Å². The highest BCUT2D eigenvalue weighted by atomic mass is 19.1. The van der Waals surface area contributed by atoms with Gasteiger partial charge in [-0.2, -0.15) is 5.10 Å². The molecule has 1 aromatic carbocycles. The van der Waals surface area contributed by atoms with Crippen molar-refractivity contribution in [2.24, 2.45) is 0 Å². The van der Waals surface area contributed by atoms with Crippen LogP contribution in [-0.2, 0) is 6.54 Å². The first-order valence-corrected chi connectivity index (χ1v) is 5.78. The van der Waals surface area contributed by atoms with Crippen molar-refractivity contribution in [1.29, 1.82) is 0 Å². The molecule has 0 saturated heterocycles. The van der Waals surface area contributed by atoms with E-state index in [4.69, 9.17) is 0 Å². The van der Waals surface area contributed by atoms with Gasteiger partial charge in [0.2, 0.25) is 0 Å². The highest BCUT2D eigenvalue weighted by molar-refractivity contribution is 5.45. The summed E-state index contributed by atoms with van der Waals surface area (Å²) in [5.74, 6) is -1.17. The Bertz CT molecular complexity index is 535. The summed E-state index contributed by atoms with van der Waals surface area (Å²) in [5, 5.41) is 7.10. The molecule has 0 aliphatic heterocycles. The van der Waals surface area contributed by atoms with Crippen molar-refractivity contribution in [3.05, 3.63) is 47.8 Å². The zero-order valence-corrected chi connectivity index (χ0v) is 10.3. The average molecular weight is 251 g/mol. The van der Waals surface area contributed by atoms with Crippen molar-refractivity contribution in [1.82, 2.24) is 9.78 Å². The molecule has 0 spiro atoms. The van der Waals surface area contributed by atoms with Crippen LogP contribution < -0.4 is 5.32 Å². The maximum atomic E-state index is 13.4. The molecule has 0 unspecified atom stereocenters. The predicted molar refractivity (Wildman–Crippen MR) is 66.3 cm³/mol. The molecule has 0 aliphatic rings. The minimum atomic E-state index is -0.591. The molecule has 1 aromatic heterocycles. The monoisotopic (exact) mass is 251 g/mol. The van der Waals surface area contributed by atoms with Crippen molar-refractivity contribution in [2.45, 2.75) is 26.4 Å². The molecule has 18 heavy (non-hydrogen) atoms. The number of nitrogens with one attached hydrogen (secondary N) is 1. The standard InChI is InChI=1S/C13H15F2N3/c1-9(2)18-8-10(7-17-18)6-16-13-4-3-11(14)5-12(13)15/h3-5,7-9,16H,6H2,1-2H3. The fourth-order valence-electron chi connectivity index (χ4n) is 1.58. The summed E-state index contributed by atoms with van der Waals surface area (Å²) in [7, 11) is 0. The lowest BCUT2D eigenvalue weighted by Gasteiger charge is -2.06. The van der Waals surface area contributed by atoms with Crippen molar-refractivity contribution in [2.75, 3.05) is 5.32 Å². The Morgan fingerprint density at radius 1 is 1.33 bits per heavy atom. The van der Waals surface area contributed by atoms with Gasteiger partial charge in [0.1, 0.15) is 11.6 Å². The Hall–Kier alpha value is -1.91. The number of nitrogens with zero attached hydrogens (tertiary/aromatic N) is 2. The van der Waals surface area contributed by atoms with Crippen LogP contribution in [0.4, 0.5) is 14.5 Å². The van der Waals surface area contributed by atoms with E-state index in [1.165, 1.54) is 12.1 Å². The smallest absolute Gasteiger partial charge is 0.149 e. The minimum absolute atomic E-state index is 0.286.